The van der Waals surface area contributed by atoms with Crippen LogP contribution < -0.4 is 15.4 Å². The number of nitrogens with two attached hydrogens (primary N) is 1. The molecule has 17 heavy (non-hydrogen) atoms. The number of hydrogen-bond acceptors (Lipinski definition) is 6. The number of piperazine rings is 1. The Morgan fingerprint density at radius 2 is 1.94 bits per heavy atom. The lowest BCUT2D eigenvalue weighted by Gasteiger charge is -2.37. The van der Waals surface area contributed by atoms with Gasteiger partial charge in [0, 0.05) is 32.2 Å². The van der Waals surface area contributed by atoms with E-state index in [4.69, 9.17) is 10.5 Å². The number of methoxy groups -OCH3 is 1. The first-order valence-electron chi connectivity index (χ1n) is 5.91. The topological polar surface area (TPSA) is 54.6 Å². The highest BCUT2D eigenvalue weighted by atomic mass is 32.1. The highest BCUT2D eigenvalue weighted by molar-refractivity contribution is 7.11. The van der Waals surface area contributed by atoms with Crippen molar-refractivity contribution in [2.75, 3.05) is 43.9 Å². The van der Waals surface area contributed by atoms with E-state index in [0.717, 1.165) is 36.9 Å². The maximum atomic E-state index is 5.77. The minimum atomic E-state index is 0.499. The van der Waals surface area contributed by atoms with E-state index < -0.39 is 0 Å². The zero-order valence-electron chi connectivity index (χ0n) is 10.6. The molecule has 1 aromatic rings. The first kappa shape index (κ1) is 12.4. The Morgan fingerprint density at radius 3 is 2.47 bits per heavy atom. The fourth-order valence-corrected chi connectivity index (χ4v) is 2.96. The van der Waals surface area contributed by atoms with E-state index in [9.17, 15) is 0 Å². The molecular formula is C11H20N4OS. The van der Waals surface area contributed by atoms with E-state index in [-0.39, 0.29) is 0 Å². The van der Waals surface area contributed by atoms with Gasteiger partial charge in [-0.1, -0.05) is 0 Å². The van der Waals surface area contributed by atoms with Crippen molar-refractivity contribution in [3.63, 3.8) is 0 Å². The third kappa shape index (κ3) is 2.47. The fourth-order valence-electron chi connectivity index (χ4n) is 2.12. The van der Waals surface area contributed by atoms with Crippen LogP contribution in [0.4, 0.5) is 10.8 Å². The van der Waals surface area contributed by atoms with Crippen LogP contribution in [0.3, 0.4) is 0 Å². The molecule has 1 aliphatic heterocycles. The summed E-state index contributed by atoms with van der Waals surface area (Å²) in [7, 11) is 1.65. The molecular weight excluding hydrogens is 236 g/mol. The average Bonchev–Trinajstić information content (AvgIpc) is 2.70. The van der Waals surface area contributed by atoms with E-state index in [1.165, 1.54) is 11.5 Å². The first-order chi connectivity index (χ1) is 8.13. The van der Waals surface area contributed by atoms with Gasteiger partial charge in [0.05, 0.1) is 7.11 Å². The maximum Gasteiger partial charge on any atom is 0.197 e. The van der Waals surface area contributed by atoms with Crippen LogP contribution in [0.2, 0.25) is 0 Å². The SMILES string of the molecule is COc1c(N)nsc1N1CCN(C(C)C)CC1. The van der Waals surface area contributed by atoms with E-state index in [2.05, 4.69) is 28.0 Å². The summed E-state index contributed by atoms with van der Waals surface area (Å²) in [5, 5.41) is 1.06. The van der Waals surface area contributed by atoms with Crippen molar-refractivity contribution < 1.29 is 4.74 Å². The predicted molar refractivity (Wildman–Crippen MR) is 72.0 cm³/mol. The van der Waals surface area contributed by atoms with Crippen LogP contribution in [0, 0.1) is 0 Å². The second-order valence-electron chi connectivity index (χ2n) is 4.52. The van der Waals surface area contributed by atoms with Gasteiger partial charge in [-0.25, -0.2) is 0 Å². The van der Waals surface area contributed by atoms with Crippen LogP contribution in [0.5, 0.6) is 5.75 Å². The second kappa shape index (κ2) is 5.10. The quantitative estimate of drug-likeness (QED) is 0.882. The Bertz CT molecular complexity index is 372. The molecule has 2 rings (SSSR count). The Kier molecular flexibility index (Phi) is 3.73. The minimum absolute atomic E-state index is 0.499. The number of aromatic nitrogens is 1. The summed E-state index contributed by atoms with van der Waals surface area (Å²) in [6.45, 7) is 8.66. The fraction of sp³-hybridized carbons (Fsp3) is 0.727. The van der Waals surface area contributed by atoms with Gasteiger partial charge >= 0.3 is 0 Å². The molecule has 1 saturated heterocycles. The van der Waals surface area contributed by atoms with Crippen molar-refractivity contribution in [1.82, 2.24) is 9.27 Å². The molecule has 2 N–H and O–H groups in total. The molecule has 1 aromatic heterocycles. The zero-order valence-corrected chi connectivity index (χ0v) is 11.5. The van der Waals surface area contributed by atoms with Gasteiger partial charge in [0.2, 0.25) is 0 Å². The minimum Gasteiger partial charge on any atom is -0.490 e. The van der Waals surface area contributed by atoms with Crippen LogP contribution in [0.1, 0.15) is 13.8 Å². The molecule has 0 unspecified atom stereocenters. The predicted octanol–water partition coefficient (Wildman–Crippen LogP) is 1.26. The van der Waals surface area contributed by atoms with Gasteiger partial charge in [-0.3, -0.25) is 4.90 Å². The van der Waals surface area contributed by atoms with Gasteiger partial charge in [0.25, 0.3) is 0 Å². The van der Waals surface area contributed by atoms with Gasteiger partial charge in [0.15, 0.2) is 16.6 Å². The summed E-state index contributed by atoms with van der Waals surface area (Å²) in [4.78, 5) is 4.79. The normalized spacial score (nSPS) is 17.8. The van der Waals surface area contributed by atoms with Gasteiger partial charge < -0.3 is 15.4 Å². The summed E-state index contributed by atoms with van der Waals surface area (Å²) in [5.41, 5.74) is 5.77. The molecule has 5 nitrogen and oxygen atoms in total. The van der Waals surface area contributed by atoms with Crippen LogP contribution in [0.25, 0.3) is 0 Å². The van der Waals surface area contributed by atoms with Crippen molar-refractivity contribution in [3.8, 4) is 5.75 Å². The summed E-state index contributed by atoms with van der Waals surface area (Å²) in [6, 6.07) is 0.616. The van der Waals surface area contributed by atoms with Crippen LogP contribution in [-0.2, 0) is 0 Å². The summed E-state index contributed by atoms with van der Waals surface area (Å²) in [5.74, 6) is 1.23. The monoisotopic (exact) mass is 256 g/mol. The first-order valence-corrected chi connectivity index (χ1v) is 6.69. The third-order valence-electron chi connectivity index (χ3n) is 3.19. The molecule has 0 bridgehead atoms. The molecule has 0 aromatic carbocycles. The number of anilines is 2. The highest BCUT2D eigenvalue weighted by Crippen LogP contribution is 2.38. The molecule has 6 heteroatoms. The zero-order chi connectivity index (χ0) is 12.4. The smallest absolute Gasteiger partial charge is 0.197 e. The Morgan fingerprint density at radius 1 is 1.29 bits per heavy atom. The van der Waals surface area contributed by atoms with Gasteiger partial charge in [-0.05, 0) is 25.4 Å². The van der Waals surface area contributed by atoms with E-state index in [0.29, 0.717) is 11.9 Å². The molecule has 0 saturated carbocycles. The van der Waals surface area contributed by atoms with Crippen LogP contribution in [0.15, 0.2) is 0 Å². The van der Waals surface area contributed by atoms with E-state index in [1.807, 2.05) is 0 Å². The standard InChI is InChI=1S/C11H20N4OS/c1-8(2)14-4-6-15(7-5-14)11-9(16-3)10(12)13-17-11/h8H,4-7H2,1-3H3,(H2,12,13). The molecule has 1 aliphatic rings. The molecule has 1 fully saturated rings. The maximum absolute atomic E-state index is 5.77. The summed E-state index contributed by atoms with van der Waals surface area (Å²) in [6.07, 6.45) is 0. The van der Waals surface area contributed by atoms with E-state index in [1.54, 1.807) is 7.11 Å². The molecule has 0 atom stereocenters. The molecule has 0 spiro atoms. The summed E-state index contributed by atoms with van der Waals surface area (Å²) < 4.78 is 9.47. The van der Waals surface area contributed by atoms with Gasteiger partial charge in [-0.2, -0.15) is 4.37 Å². The Hall–Kier alpha value is -1.01. The number of nitrogens with zero attached hydrogens (tertiary/aromatic N) is 3. The van der Waals surface area contributed by atoms with E-state index >= 15 is 0 Å². The molecule has 0 aliphatic carbocycles. The summed E-state index contributed by atoms with van der Waals surface area (Å²) >= 11 is 1.42. The molecule has 2 heterocycles. The van der Waals surface area contributed by atoms with Crippen LogP contribution in [-0.4, -0.2) is 48.6 Å². The number of rotatable bonds is 3. The lowest BCUT2D eigenvalue weighted by atomic mass is 10.2. The number of nitrogen functional groups attached to an aromatic ring is 1. The van der Waals surface area contributed by atoms with Crippen molar-refractivity contribution in [2.24, 2.45) is 0 Å². The lowest BCUT2D eigenvalue weighted by Crippen LogP contribution is -2.48. The Labute approximate surface area is 106 Å². The van der Waals surface area contributed by atoms with Gasteiger partial charge in [0.1, 0.15) is 0 Å². The van der Waals surface area contributed by atoms with Crippen molar-refractivity contribution >= 4 is 22.4 Å². The second-order valence-corrected chi connectivity index (χ2v) is 5.27. The molecule has 96 valence electrons. The third-order valence-corrected chi connectivity index (χ3v) is 4.10. The lowest BCUT2D eigenvalue weighted by molar-refractivity contribution is 0.209. The number of hydrogen-bond donors (Lipinski definition) is 1. The highest BCUT2D eigenvalue weighted by Gasteiger charge is 2.24. The number of ether oxygens (including phenoxy) is 1. The van der Waals surface area contributed by atoms with Gasteiger partial charge in [-0.15, -0.1) is 0 Å². The van der Waals surface area contributed by atoms with Crippen molar-refractivity contribution in [2.45, 2.75) is 19.9 Å². The Balaban J connectivity index is 2.05. The molecule has 0 radical (unpaired) electrons. The van der Waals surface area contributed by atoms with Crippen LogP contribution >= 0.6 is 11.5 Å². The molecule has 0 amide bonds. The van der Waals surface area contributed by atoms with Crippen molar-refractivity contribution in [1.29, 1.82) is 0 Å². The largest absolute Gasteiger partial charge is 0.490 e. The average molecular weight is 256 g/mol. The van der Waals surface area contributed by atoms with Crippen molar-refractivity contribution in [3.05, 3.63) is 0 Å².